The minimum Gasteiger partial charge on any atom is -0.414 e. The number of rotatable bonds is 7. The van der Waals surface area contributed by atoms with Crippen LogP contribution in [0.3, 0.4) is 0 Å². The van der Waals surface area contributed by atoms with E-state index in [9.17, 15) is 5.11 Å². The van der Waals surface area contributed by atoms with Crippen LogP contribution in [0.15, 0.2) is 12.7 Å². The van der Waals surface area contributed by atoms with Crippen LogP contribution >= 0.6 is 0 Å². The van der Waals surface area contributed by atoms with Gasteiger partial charge in [0.25, 0.3) is 0 Å². The molecule has 2 nitrogen and oxygen atoms in total. The minimum atomic E-state index is -1.74. The first-order valence-electron chi connectivity index (χ1n) is 6.49. The fraction of sp³-hybridized carbons (Fsp3) is 0.857. The van der Waals surface area contributed by atoms with E-state index in [1.54, 1.807) is 0 Å². The number of hydrogen-bond acceptors (Lipinski definition) is 2. The first-order valence-corrected chi connectivity index (χ1v) is 9.40. The summed E-state index contributed by atoms with van der Waals surface area (Å²) in [6, 6.07) is 0. The third kappa shape index (κ3) is 6.39. The van der Waals surface area contributed by atoms with Gasteiger partial charge < -0.3 is 9.53 Å². The Balaban J connectivity index is 4.21. The number of aliphatic hydroxyl groups is 1. The van der Waals surface area contributed by atoms with Crippen LogP contribution in [0.5, 0.6) is 0 Å². The molecular weight excluding hydrogens is 228 g/mol. The first kappa shape index (κ1) is 16.9. The molecule has 0 aromatic heterocycles. The van der Waals surface area contributed by atoms with Gasteiger partial charge in [-0.3, -0.25) is 0 Å². The summed E-state index contributed by atoms with van der Waals surface area (Å²) in [5.74, 6) is 0. The van der Waals surface area contributed by atoms with Gasteiger partial charge >= 0.3 is 0 Å². The molecule has 0 heterocycles. The van der Waals surface area contributed by atoms with Gasteiger partial charge in [0, 0.05) is 0 Å². The van der Waals surface area contributed by atoms with Gasteiger partial charge in [-0.2, -0.15) is 0 Å². The maximum atomic E-state index is 10.2. The van der Waals surface area contributed by atoms with E-state index in [0.29, 0.717) is 6.61 Å². The van der Waals surface area contributed by atoms with Crippen LogP contribution in [0.4, 0.5) is 0 Å². The van der Waals surface area contributed by atoms with Crippen LogP contribution in [-0.2, 0) is 4.43 Å². The molecule has 0 aliphatic heterocycles. The predicted octanol–water partition coefficient (Wildman–Crippen LogP) is 4.12. The van der Waals surface area contributed by atoms with Crippen molar-refractivity contribution in [3.8, 4) is 0 Å². The molecule has 102 valence electrons. The summed E-state index contributed by atoms with van der Waals surface area (Å²) in [4.78, 5) is 0. The molecule has 3 heteroatoms. The lowest BCUT2D eigenvalue weighted by Gasteiger charge is -2.38. The van der Waals surface area contributed by atoms with Crippen molar-refractivity contribution in [3.63, 3.8) is 0 Å². The highest BCUT2D eigenvalue weighted by Crippen LogP contribution is 2.37. The monoisotopic (exact) mass is 258 g/mol. The lowest BCUT2D eigenvalue weighted by atomic mass is 10.0. The summed E-state index contributed by atoms with van der Waals surface area (Å²) in [6.07, 6.45) is 4.59. The summed E-state index contributed by atoms with van der Waals surface area (Å²) in [7, 11) is -1.74. The van der Waals surface area contributed by atoms with E-state index in [0.717, 1.165) is 19.3 Å². The number of hydrogen-bond donors (Lipinski definition) is 1. The molecule has 0 aromatic rings. The van der Waals surface area contributed by atoms with Gasteiger partial charge in [-0.25, -0.2) is 0 Å². The van der Waals surface area contributed by atoms with E-state index < -0.39 is 13.9 Å². The molecule has 0 fully saturated rings. The summed E-state index contributed by atoms with van der Waals surface area (Å²) >= 11 is 0. The number of allylic oxidation sites excluding steroid dienone is 1. The van der Waals surface area contributed by atoms with Gasteiger partial charge in [0.2, 0.25) is 0 Å². The van der Waals surface area contributed by atoms with Crippen molar-refractivity contribution in [3.05, 3.63) is 12.7 Å². The Hall–Kier alpha value is -0.123. The van der Waals surface area contributed by atoms with Gasteiger partial charge in [0.1, 0.15) is 0 Å². The average Bonchev–Trinajstić information content (AvgIpc) is 2.14. The fourth-order valence-electron chi connectivity index (χ4n) is 1.25. The maximum Gasteiger partial charge on any atom is 0.192 e. The Morgan fingerprint density at radius 3 is 2.18 bits per heavy atom. The van der Waals surface area contributed by atoms with Crippen molar-refractivity contribution in [1.82, 2.24) is 0 Å². The van der Waals surface area contributed by atoms with E-state index in [4.69, 9.17) is 4.43 Å². The number of unbranched alkanes of at least 4 members (excludes halogenated alkanes) is 1. The highest BCUT2D eigenvalue weighted by Gasteiger charge is 2.38. The Kier molecular flexibility index (Phi) is 6.12. The van der Waals surface area contributed by atoms with Crippen molar-refractivity contribution in [1.29, 1.82) is 0 Å². The Labute approximate surface area is 108 Å². The fourth-order valence-corrected chi connectivity index (χ4v) is 2.36. The van der Waals surface area contributed by atoms with Crippen molar-refractivity contribution in [2.75, 3.05) is 6.61 Å². The molecule has 0 radical (unpaired) electrons. The zero-order valence-electron chi connectivity index (χ0n) is 12.5. The summed E-state index contributed by atoms with van der Waals surface area (Å²) < 4.78 is 6.05. The topological polar surface area (TPSA) is 29.5 Å². The predicted molar refractivity (Wildman–Crippen MR) is 77.8 cm³/mol. The summed E-state index contributed by atoms with van der Waals surface area (Å²) in [6.45, 7) is 17.1. The van der Waals surface area contributed by atoms with Crippen molar-refractivity contribution < 1.29 is 9.53 Å². The second-order valence-electron chi connectivity index (χ2n) is 6.73. The quantitative estimate of drug-likeness (QED) is 0.423. The van der Waals surface area contributed by atoms with E-state index >= 15 is 0 Å². The van der Waals surface area contributed by atoms with Gasteiger partial charge in [0.05, 0.1) is 12.2 Å². The molecule has 0 spiro atoms. The molecule has 0 saturated heterocycles. The molecule has 1 unspecified atom stereocenters. The molecule has 0 aromatic carbocycles. The summed E-state index contributed by atoms with van der Waals surface area (Å²) in [5, 5.41) is 10.4. The van der Waals surface area contributed by atoms with Crippen LogP contribution in [0, 0.1) is 0 Å². The van der Waals surface area contributed by atoms with E-state index in [1.165, 1.54) is 0 Å². The van der Waals surface area contributed by atoms with Crippen LogP contribution in [0.25, 0.3) is 0 Å². The molecule has 0 bridgehead atoms. The van der Waals surface area contributed by atoms with Crippen molar-refractivity contribution in [2.24, 2.45) is 0 Å². The standard InChI is InChI=1S/C14H30O2Si/c1-8-9-10-11-14(5,15)12-16-17(6,7)13(2,3)4/h8,15H,1,9-12H2,2-7H3. The zero-order valence-corrected chi connectivity index (χ0v) is 13.5. The van der Waals surface area contributed by atoms with Gasteiger partial charge in [0.15, 0.2) is 8.32 Å². The summed E-state index contributed by atoms with van der Waals surface area (Å²) in [5.41, 5.74) is -0.710. The van der Waals surface area contributed by atoms with Crippen LogP contribution in [0.2, 0.25) is 18.1 Å². The van der Waals surface area contributed by atoms with E-state index in [-0.39, 0.29) is 5.04 Å². The SMILES string of the molecule is C=CCCCC(C)(O)CO[Si](C)(C)C(C)(C)C. The van der Waals surface area contributed by atoms with Crippen LogP contribution in [0.1, 0.15) is 47.0 Å². The molecule has 0 saturated carbocycles. The van der Waals surface area contributed by atoms with Crippen molar-refractivity contribution in [2.45, 2.75) is 70.7 Å². The smallest absolute Gasteiger partial charge is 0.192 e. The van der Waals surface area contributed by atoms with E-state index in [1.807, 2.05) is 13.0 Å². The van der Waals surface area contributed by atoms with Crippen LogP contribution < -0.4 is 0 Å². The molecule has 1 atom stereocenters. The second-order valence-corrected chi connectivity index (χ2v) is 11.5. The average molecular weight is 258 g/mol. The lowest BCUT2D eigenvalue weighted by Crippen LogP contribution is -2.45. The van der Waals surface area contributed by atoms with Crippen molar-refractivity contribution >= 4 is 8.32 Å². The molecule has 0 amide bonds. The zero-order chi connectivity index (χ0) is 13.7. The minimum absolute atomic E-state index is 0.199. The van der Waals surface area contributed by atoms with E-state index in [2.05, 4.69) is 40.4 Å². The molecule has 0 aliphatic rings. The second kappa shape index (κ2) is 6.16. The normalized spacial score (nSPS) is 16.6. The third-order valence-corrected chi connectivity index (χ3v) is 8.15. The van der Waals surface area contributed by atoms with Gasteiger partial charge in [-0.1, -0.05) is 26.8 Å². The third-order valence-electron chi connectivity index (χ3n) is 3.67. The molecule has 1 N–H and O–H groups in total. The Morgan fingerprint density at radius 2 is 1.76 bits per heavy atom. The molecule has 0 rings (SSSR count). The van der Waals surface area contributed by atoms with Crippen LogP contribution in [-0.4, -0.2) is 25.6 Å². The lowest BCUT2D eigenvalue weighted by molar-refractivity contribution is -0.00163. The first-order chi connectivity index (χ1) is 7.52. The van der Waals surface area contributed by atoms with Gasteiger partial charge in [-0.05, 0) is 44.3 Å². The Morgan fingerprint density at radius 1 is 1.24 bits per heavy atom. The largest absolute Gasteiger partial charge is 0.414 e. The molecular formula is C14H30O2Si. The molecule has 0 aliphatic carbocycles. The highest BCUT2D eigenvalue weighted by molar-refractivity contribution is 6.74. The van der Waals surface area contributed by atoms with Gasteiger partial charge in [-0.15, -0.1) is 6.58 Å². The Bertz CT molecular complexity index is 239. The molecule has 17 heavy (non-hydrogen) atoms. The highest BCUT2D eigenvalue weighted by atomic mass is 28.4. The maximum absolute atomic E-state index is 10.2.